The van der Waals surface area contributed by atoms with E-state index in [0.29, 0.717) is 34.9 Å². The van der Waals surface area contributed by atoms with E-state index in [0.717, 1.165) is 0 Å². The summed E-state index contributed by atoms with van der Waals surface area (Å²) in [6.45, 7) is 0.406. The van der Waals surface area contributed by atoms with Crippen LogP contribution in [0.3, 0.4) is 0 Å². The van der Waals surface area contributed by atoms with E-state index in [4.69, 9.17) is 41.5 Å². The topological polar surface area (TPSA) is 163 Å². The average Bonchev–Trinajstić information content (AvgIpc) is 3.45. The van der Waals surface area contributed by atoms with E-state index in [9.17, 15) is 4.79 Å². The van der Waals surface area contributed by atoms with Crippen molar-refractivity contribution in [3.8, 4) is 5.75 Å². The maximum atomic E-state index is 12.2. The van der Waals surface area contributed by atoms with E-state index in [-0.39, 0.29) is 19.2 Å². The first-order chi connectivity index (χ1) is 18.1. The first-order valence-corrected chi connectivity index (χ1v) is 14.6. The Bertz CT molecular complexity index is 1350. The third-order valence-electron chi connectivity index (χ3n) is 5.55. The van der Waals surface area contributed by atoms with Crippen molar-refractivity contribution in [1.82, 2.24) is 24.6 Å². The molecule has 1 fully saturated rings. The molecular weight excluding hydrogens is 531 g/mol. The fraction of sp³-hybridized carbons (Fsp3) is 0.435. The molecule has 1 unspecified atom stereocenters. The molecule has 3 heterocycles. The maximum absolute atomic E-state index is 12.2. The number of hydrogen-bond donors (Lipinski definition) is 3. The second-order valence-electron chi connectivity index (χ2n) is 8.76. The molecule has 2 aromatic heterocycles. The maximum Gasteiger partial charge on any atom is 0.323 e. The quantitative estimate of drug-likeness (QED) is 0.232. The third-order valence-corrected chi connectivity index (χ3v) is 8.05. The molecule has 1 aliphatic rings. The number of para-hydroxylation sites is 1. The molecule has 13 nitrogen and oxygen atoms in total. The fourth-order valence-electron chi connectivity index (χ4n) is 3.84. The van der Waals surface area contributed by atoms with Gasteiger partial charge in [-0.2, -0.15) is 9.97 Å². The lowest BCUT2D eigenvalue weighted by Crippen LogP contribution is -2.35. The summed E-state index contributed by atoms with van der Waals surface area (Å²) < 4.78 is 25.0. The first kappa shape index (κ1) is 27.9. The van der Waals surface area contributed by atoms with Gasteiger partial charge in [0.1, 0.15) is 11.8 Å². The zero-order valence-electron chi connectivity index (χ0n) is 21.5. The lowest BCUT2D eigenvalue weighted by Gasteiger charge is -2.27. The van der Waals surface area contributed by atoms with Gasteiger partial charge in [0.2, 0.25) is 5.95 Å². The van der Waals surface area contributed by atoms with E-state index in [2.05, 4.69) is 20.0 Å². The van der Waals surface area contributed by atoms with Crippen LogP contribution in [0.5, 0.6) is 5.75 Å². The van der Waals surface area contributed by atoms with Crippen molar-refractivity contribution < 1.29 is 23.3 Å². The van der Waals surface area contributed by atoms with Crippen LogP contribution in [0.1, 0.15) is 26.5 Å². The summed E-state index contributed by atoms with van der Waals surface area (Å²) in [7, 11) is 3.67. The summed E-state index contributed by atoms with van der Waals surface area (Å²) in [6, 6.07) is 8.21. The van der Waals surface area contributed by atoms with Gasteiger partial charge in [-0.05, 0) is 37.8 Å². The second-order valence-corrected chi connectivity index (χ2v) is 11.9. The number of ether oxygens (including phenoxy) is 2. The Kier molecular flexibility index (Phi) is 8.58. The van der Waals surface area contributed by atoms with Crippen molar-refractivity contribution in [3.05, 3.63) is 36.7 Å². The number of esters is 1. The Morgan fingerprint density at radius 2 is 2.11 bits per heavy atom. The number of benzene rings is 1. The summed E-state index contributed by atoms with van der Waals surface area (Å²) in [4.78, 5) is 27.0. The van der Waals surface area contributed by atoms with Crippen LogP contribution in [-0.4, -0.2) is 70.7 Å². The van der Waals surface area contributed by atoms with E-state index in [1.54, 1.807) is 41.8 Å². The van der Waals surface area contributed by atoms with Crippen LogP contribution in [0, 0.1) is 5.41 Å². The second kappa shape index (κ2) is 11.7. The highest BCUT2D eigenvalue weighted by molar-refractivity contribution is 8.09. The largest absolute Gasteiger partial charge is 0.465 e. The predicted octanol–water partition coefficient (Wildman–Crippen LogP) is 2.64. The van der Waals surface area contributed by atoms with Crippen molar-refractivity contribution in [3.63, 3.8) is 0 Å². The number of nitrogens with one attached hydrogen (secondary N) is 2. The summed E-state index contributed by atoms with van der Waals surface area (Å²) in [5.41, 5.74) is 7.24. The van der Waals surface area contributed by atoms with Crippen molar-refractivity contribution in [2.24, 2.45) is 0 Å². The number of nitrogens with zero attached hydrogens (tertiary/aromatic N) is 5. The molecule has 4 N–H and O–H groups in total. The summed E-state index contributed by atoms with van der Waals surface area (Å²) in [5, 5.41) is 11.6. The molecule has 0 aliphatic carbocycles. The smallest absolute Gasteiger partial charge is 0.323 e. The SMILES string of the molecule is CCOC(=O)[C@@H](C)NP(=S)(OC[C@@H]1CC(=N)[C@H](n2cnc3c(N(C)C)nc(N)nc32)O1)Oc1ccccc1. The van der Waals surface area contributed by atoms with Crippen molar-refractivity contribution >= 4 is 53.1 Å². The van der Waals surface area contributed by atoms with Gasteiger partial charge in [-0.3, -0.25) is 9.36 Å². The van der Waals surface area contributed by atoms with Gasteiger partial charge in [-0.25, -0.2) is 10.1 Å². The van der Waals surface area contributed by atoms with Gasteiger partial charge in [0.25, 0.3) is 0 Å². The molecule has 0 amide bonds. The lowest BCUT2D eigenvalue weighted by molar-refractivity contribution is -0.144. The van der Waals surface area contributed by atoms with Gasteiger partial charge in [0.05, 0.1) is 31.4 Å². The van der Waals surface area contributed by atoms with Crippen molar-refractivity contribution in [2.75, 3.05) is 37.9 Å². The van der Waals surface area contributed by atoms with Gasteiger partial charge in [-0.15, -0.1) is 0 Å². The molecule has 15 heteroatoms. The highest BCUT2D eigenvalue weighted by Gasteiger charge is 2.36. The molecule has 204 valence electrons. The van der Waals surface area contributed by atoms with E-state index >= 15 is 0 Å². The normalized spacial score (nSPS) is 19.7. The van der Waals surface area contributed by atoms with E-state index in [1.165, 1.54) is 0 Å². The van der Waals surface area contributed by atoms with Crippen LogP contribution >= 0.6 is 6.64 Å². The molecule has 0 radical (unpaired) electrons. The molecule has 4 rings (SSSR count). The van der Waals surface area contributed by atoms with Crippen LogP contribution in [0.2, 0.25) is 0 Å². The molecule has 0 spiro atoms. The number of fused-ring (bicyclic) bond motifs is 1. The zero-order valence-corrected chi connectivity index (χ0v) is 23.2. The number of carbonyl (C=O) groups excluding carboxylic acids is 1. The highest BCUT2D eigenvalue weighted by Crippen LogP contribution is 2.46. The summed E-state index contributed by atoms with van der Waals surface area (Å²) >= 11 is 5.74. The molecule has 1 aliphatic heterocycles. The highest BCUT2D eigenvalue weighted by atomic mass is 32.5. The van der Waals surface area contributed by atoms with Gasteiger partial charge in [-0.1, -0.05) is 18.2 Å². The average molecular weight is 563 g/mol. The van der Waals surface area contributed by atoms with Gasteiger partial charge < -0.3 is 34.6 Å². The molecule has 0 bridgehead atoms. The van der Waals surface area contributed by atoms with Gasteiger partial charge in [0, 0.05) is 20.5 Å². The van der Waals surface area contributed by atoms with Gasteiger partial charge in [0.15, 0.2) is 23.2 Å². The lowest BCUT2D eigenvalue weighted by atomic mass is 10.2. The van der Waals surface area contributed by atoms with E-state index < -0.39 is 31.0 Å². The first-order valence-electron chi connectivity index (χ1n) is 11.9. The number of anilines is 2. The Balaban J connectivity index is 1.50. The van der Waals surface area contributed by atoms with Crippen LogP contribution < -0.4 is 20.2 Å². The Morgan fingerprint density at radius 3 is 2.79 bits per heavy atom. The predicted molar refractivity (Wildman–Crippen MR) is 147 cm³/mol. The monoisotopic (exact) mass is 562 g/mol. The minimum atomic E-state index is -3.22. The van der Waals surface area contributed by atoms with Crippen LogP contribution in [0.25, 0.3) is 11.2 Å². The van der Waals surface area contributed by atoms with Crippen LogP contribution in [0.4, 0.5) is 11.8 Å². The van der Waals surface area contributed by atoms with Crippen LogP contribution in [0.15, 0.2) is 36.7 Å². The number of aromatic nitrogens is 4. The Morgan fingerprint density at radius 1 is 1.37 bits per heavy atom. The van der Waals surface area contributed by atoms with Gasteiger partial charge >= 0.3 is 12.6 Å². The standard InChI is InChI=1S/C23H31N8O5PS/c1-5-33-22(32)14(2)29-37(38,36-15-9-7-6-8-10-15)34-12-16-11-17(24)21(35-16)31-13-26-18-19(30(3)4)27-23(25)28-20(18)31/h6-10,13-14,16,21,24H,5,11-12H2,1-4H3,(H,29,38)(H2,25,27,28)/t14-,16+,21-,37?/m1/s1. The number of hydrogen-bond acceptors (Lipinski definition) is 12. The van der Waals surface area contributed by atoms with E-state index in [1.807, 2.05) is 32.3 Å². The molecule has 1 aromatic carbocycles. The van der Waals surface area contributed by atoms with Crippen molar-refractivity contribution in [2.45, 2.75) is 38.6 Å². The third kappa shape index (κ3) is 6.27. The minimum absolute atomic E-state index is 0.0260. The van der Waals surface area contributed by atoms with Crippen LogP contribution in [-0.2, 0) is 30.6 Å². The zero-order chi connectivity index (χ0) is 27.4. The molecule has 38 heavy (non-hydrogen) atoms. The molecule has 0 saturated carbocycles. The number of carbonyl (C=O) groups is 1. The molecule has 4 atom stereocenters. The summed E-state index contributed by atoms with van der Waals surface area (Å²) in [5.74, 6) is 0.687. The molecular formula is C23H31N8O5PS. The number of rotatable bonds is 11. The minimum Gasteiger partial charge on any atom is -0.465 e. The van der Waals surface area contributed by atoms with Crippen molar-refractivity contribution in [1.29, 1.82) is 5.41 Å². The molecule has 1 saturated heterocycles. The number of nitrogens with two attached hydrogens (primary N) is 1. The Labute approximate surface area is 225 Å². The summed E-state index contributed by atoms with van der Waals surface area (Å²) in [6.07, 6.45) is 0.593. The Hall–Kier alpha value is -3.16. The number of imidazole rings is 1. The molecule has 3 aromatic rings. The number of nitrogen functional groups attached to an aromatic ring is 1. The fourth-order valence-corrected chi connectivity index (χ4v) is 6.28.